The minimum Gasteiger partial charge on any atom is -0.344 e. The summed E-state index contributed by atoms with van der Waals surface area (Å²) in [6, 6.07) is 6.98. The second kappa shape index (κ2) is 11.7. The zero-order valence-corrected chi connectivity index (χ0v) is 21.6. The predicted octanol–water partition coefficient (Wildman–Crippen LogP) is 4.32. The zero-order valence-electron chi connectivity index (χ0n) is 21.6. The lowest BCUT2D eigenvalue weighted by Crippen LogP contribution is -2.53. The Morgan fingerprint density at radius 1 is 1.16 bits per heavy atom. The highest BCUT2D eigenvalue weighted by atomic mass is 19.1. The van der Waals surface area contributed by atoms with Crippen LogP contribution in [-0.4, -0.2) is 51.1 Å². The number of aromatic nitrogens is 3. The minimum atomic E-state index is -0.727. The molecule has 1 aliphatic rings. The van der Waals surface area contributed by atoms with Crippen molar-refractivity contribution >= 4 is 28.3 Å². The monoisotopic (exact) mass is 506 g/mol. The standard InChI is InChI=1S/C28H35FN6O2/c1-4-21(22-15-24(33-16-32-22)35-13-12-19-14-20(29)10-11-23(19)35)25(30)27(36)26(18-8-6-5-7-9-18)34-28(37)17(2)31-3/h10-18,21,26,30-31H,4-9H2,1-3H3,(H,34,37)/t17-,21-,26-/m0/s1. The molecule has 37 heavy (non-hydrogen) atoms. The Kier molecular flexibility index (Phi) is 8.43. The molecule has 1 aliphatic carbocycles. The van der Waals surface area contributed by atoms with Gasteiger partial charge in [0.25, 0.3) is 0 Å². The van der Waals surface area contributed by atoms with Crippen molar-refractivity contribution in [2.24, 2.45) is 5.92 Å². The van der Waals surface area contributed by atoms with E-state index in [1.807, 2.05) is 23.8 Å². The van der Waals surface area contributed by atoms with E-state index in [0.29, 0.717) is 17.9 Å². The third-order valence-corrected chi connectivity index (χ3v) is 7.48. The molecule has 8 nitrogen and oxygen atoms in total. The van der Waals surface area contributed by atoms with Gasteiger partial charge in [0.15, 0.2) is 5.78 Å². The van der Waals surface area contributed by atoms with Crippen LogP contribution in [0.2, 0.25) is 0 Å². The summed E-state index contributed by atoms with van der Waals surface area (Å²) < 4.78 is 15.5. The van der Waals surface area contributed by atoms with Crippen molar-refractivity contribution in [2.75, 3.05) is 7.05 Å². The molecular formula is C28H35FN6O2. The van der Waals surface area contributed by atoms with Gasteiger partial charge >= 0.3 is 0 Å². The van der Waals surface area contributed by atoms with Crippen LogP contribution < -0.4 is 10.6 Å². The molecule has 0 aliphatic heterocycles. The molecule has 2 heterocycles. The van der Waals surface area contributed by atoms with Crippen molar-refractivity contribution in [2.45, 2.75) is 70.4 Å². The van der Waals surface area contributed by atoms with E-state index in [-0.39, 0.29) is 29.1 Å². The SMILES string of the molecule is CC[C@H](C(=N)C(=O)[C@@H](NC(=O)[C@H](C)NC)C1CCCCC1)c1cc(-n2ccc3cc(F)ccc32)ncn1. The highest BCUT2D eigenvalue weighted by Gasteiger charge is 2.36. The Bertz CT molecular complexity index is 1280. The Hall–Kier alpha value is -3.46. The van der Waals surface area contributed by atoms with Crippen LogP contribution in [0.4, 0.5) is 4.39 Å². The van der Waals surface area contributed by atoms with Gasteiger partial charge in [0.05, 0.1) is 29.0 Å². The van der Waals surface area contributed by atoms with Crippen LogP contribution in [0.15, 0.2) is 42.9 Å². The number of fused-ring (bicyclic) bond motifs is 1. The van der Waals surface area contributed by atoms with E-state index in [2.05, 4.69) is 20.6 Å². The molecule has 1 aromatic carbocycles. The molecule has 1 saturated carbocycles. The van der Waals surface area contributed by atoms with Gasteiger partial charge in [-0.15, -0.1) is 0 Å². The molecule has 0 spiro atoms. The number of benzene rings is 1. The number of Topliss-reactive ketones (excluding diaryl/α,β-unsaturated/α-hetero) is 1. The average molecular weight is 507 g/mol. The topological polar surface area (TPSA) is 113 Å². The number of rotatable bonds is 10. The lowest BCUT2D eigenvalue weighted by Gasteiger charge is -2.31. The van der Waals surface area contributed by atoms with E-state index in [9.17, 15) is 14.0 Å². The van der Waals surface area contributed by atoms with Crippen molar-refractivity contribution in [3.63, 3.8) is 0 Å². The number of nitrogens with zero attached hydrogens (tertiary/aromatic N) is 3. The van der Waals surface area contributed by atoms with E-state index in [1.165, 1.54) is 18.5 Å². The first-order valence-electron chi connectivity index (χ1n) is 13.0. The van der Waals surface area contributed by atoms with Gasteiger partial charge in [-0.1, -0.05) is 26.2 Å². The second-order valence-corrected chi connectivity index (χ2v) is 9.82. The van der Waals surface area contributed by atoms with Gasteiger partial charge in [0, 0.05) is 23.6 Å². The molecule has 0 radical (unpaired) electrons. The largest absolute Gasteiger partial charge is 0.344 e. The summed E-state index contributed by atoms with van der Waals surface area (Å²) in [5.74, 6) is -0.858. The fraction of sp³-hybridized carbons (Fsp3) is 0.464. The first-order valence-corrected chi connectivity index (χ1v) is 13.0. The van der Waals surface area contributed by atoms with Crippen LogP contribution in [0, 0.1) is 17.1 Å². The van der Waals surface area contributed by atoms with Gasteiger partial charge in [-0.3, -0.25) is 9.59 Å². The zero-order chi connectivity index (χ0) is 26.5. The molecule has 2 aromatic heterocycles. The van der Waals surface area contributed by atoms with Crippen LogP contribution in [0.1, 0.15) is 64.0 Å². The fourth-order valence-corrected chi connectivity index (χ4v) is 5.17. The third-order valence-electron chi connectivity index (χ3n) is 7.48. The summed E-state index contributed by atoms with van der Waals surface area (Å²) in [6.07, 6.45) is 8.59. The number of hydrogen-bond acceptors (Lipinski definition) is 6. The first kappa shape index (κ1) is 26.6. The lowest BCUT2D eigenvalue weighted by atomic mass is 9.79. The lowest BCUT2D eigenvalue weighted by molar-refractivity contribution is -0.127. The summed E-state index contributed by atoms with van der Waals surface area (Å²) in [5.41, 5.74) is 1.30. The van der Waals surface area contributed by atoms with Crippen LogP contribution in [0.5, 0.6) is 0 Å². The highest BCUT2D eigenvalue weighted by molar-refractivity contribution is 6.42. The van der Waals surface area contributed by atoms with Crippen molar-refractivity contribution in [1.29, 1.82) is 5.41 Å². The van der Waals surface area contributed by atoms with E-state index in [4.69, 9.17) is 5.41 Å². The molecule has 0 saturated heterocycles. The van der Waals surface area contributed by atoms with E-state index in [1.54, 1.807) is 26.1 Å². The average Bonchev–Trinajstić information content (AvgIpc) is 3.34. The quantitative estimate of drug-likeness (QED) is 0.355. The number of likely N-dealkylation sites (N-methyl/N-ethyl adjacent to an activating group) is 1. The summed E-state index contributed by atoms with van der Waals surface area (Å²) in [6.45, 7) is 3.67. The highest BCUT2D eigenvalue weighted by Crippen LogP contribution is 2.30. The molecule has 0 bridgehead atoms. The maximum Gasteiger partial charge on any atom is 0.237 e. The summed E-state index contributed by atoms with van der Waals surface area (Å²) >= 11 is 0. The molecule has 196 valence electrons. The van der Waals surface area contributed by atoms with Gasteiger partial charge in [0.1, 0.15) is 18.0 Å². The van der Waals surface area contributed by atoms with Crippen LogP contribution in [0.3, 0.4) is 0 Å². The Balaban J connectivity index is 1.62. The molecule has 4 rings (SSSR count). The van der Waals surface area contributed by atoms with E-state index in [0.717, 1.165) is 43.0 Å². The number of carbonyl (C=O) groups is 2. The smallest absolute Gasteiger partial charge is 0.237 e. The molecule has 9 heteroatoms. The summed E-state index contributed by atoms with van der Waals surface area (Å²) in [5, 5.41) is 15.5. The maximum atomic E-state index is 13.7. The van der Waals surface area contributed by atoms with Crippen molar-refractivity contribution in [1.82, 2.24) is 25.2 Å². The number of amides is 1. The Morgan fingerprint density at radius 3 is 2.62 bits per heavy atom. The molecule has 1 fully saturated rings. The normalized spacial score (nSPS) is 16.8. The number of nitrogens with one attached hydrogen (secondary N) is 3. The minimum absolute atomic E-state index is 0.0136. The number of hydrogen-bond donors (Lipinski definition) is 3. The van der Waals surface area contributed by atoms with Gasteiger partial charge in [0.2, 0.25) is 5.91 Å². The van der Waals surface area contributed by atoms with Crippen LogP contribution in [-0.2, 0) is 9.59 Å². The number of carbonyl (C=O) groups excluding carboxylic acids is 2. The molecule has 3 N–H and O–H groups in total. The number of ketones is 1. The third kappa shape index (κ3) is 5.77. The van der Waals surface area contributed by atoms with Crippen LogP contribution in [0.25, 0.3) is 16.7 Å². The molecular weight excluding hydrogens is 471 g/mol. The molecule has 1 amide bonds. The van der Waals surface area contributed by atoms with Gasteiger partial charge < -0.3 is 20.6 Å². The Morgan fingerprint density at radius 2 is 1.92 bits per heavy atom. The maximum absolute atomic E-state index is 13.7. The van der Waals surface area contributed by atoms with Gasteiger partial charge in [-0.25, -0.2) is 14.4 Å². The predicted molar refractivity (Wildman–Crippen MR) is 142 cm³/mol. The number of halogens is 1. The molecule has 0 unspecified atom stereocenters. The Labute approximate surface area is 216 Å². The fourth-order valence-electron chi connectivity index (χ4n) is 5.17. The molecule has 3 atom stereocenters. The first-order chi connectivity index (χ1) is 17.8. The summed E-state index contributed by atoms with van der Waals surface area (Å²) in [7, 11) is 1.70. The van der Waals surface area contributed by atoms with Crippen molar-refractivity contribution < 1.29 is 14.0 Å². The van der Waals surface area contributed by atoms with Crippen molar-refractivity contribution in [3.8, 4) is 5.82 Å². The van der Waals surface area contributed by atoms with Gasteiger partial charge in [-0.05, 0) is 63.4 Å². The van der Waals surface area contributed by atoms with E-state index < -0.39 is 18.0 Å². The molecule has 3 aromatic rings. The van der Waals surface area contributed by atoms with Crippen molar-refractivity contribution in [3.05, 3.63) is 54.4 Å². The van der Waals surface area contributed by atoms with Crippen LogP contribution >= 0.6 is 0 Å². The van der Waals surface area contributed by atoms with E-state index >= 15 is 0 Å². The summed E-state index contributed by atoms with van der Waals surface area (Å²) in [4.78, 5) is 35.3. The van der Waals surface area contributed by atoms with Gasteiger partial charge in [-0.2, -0.15) is 0 Å². The second-order valence-electron chi connectivity index (χ2n) is 9.82.